The zero-order valence-corrected chi connectivity index (χ0v) is 18.4. The Hall–Kier alpha value is -2.42. The van der Waals surface area contributed by atoms with Gasteiger partial charge in [0, 0.05) is 28.1 Å². The largest absolute Gasteiger partial charge is 0.325 e. The molecule has 0 unspecified atom stereocenters. The van der Waals surface area contributed by atoms with Gasteiger partial charge in [0.25, 0.3) is 5.56 Å². The number of amides is 1. The first-order valence-corrected chi connectivity index (χ1v) is 11.9. The summed E-state index contributed by atoms with van der Waals surface area (Å²) in [6, 6.07) is 11.7. The van der Waals surface area contributed by atoms with Gasteiger partial charge >= 0.3 is 0 Å². The molecule has 1 aromatic carbocycles. The molecule has 4 aromatic rings. The number of anilines is 1. The van der Waals surface area contributed by atoms with E-state index in [2.05, 4.69) is 5.32 Å². The van der Waals surface area contributed by atoms with E-state index in [9.17, 15) is 9.59 Å². The van der Waals surface area contributed by atoms with Crippen LogP contribution in [0.5, 0.6) is 0 Å². The number of hydrogen-bond acceptors (Lipinski definition) is 6. The van der Waals surface area contributed by atoms with Crippen molar-refractivity contribution in [1.29, 1.82) is 0 Å². The zero-order chi connectivity index (χ0) is 20.4. The average Bonchev–Trinajstić information content (AvgIpc) is 3.38. The maximum Gasteiger partial charge on any atom is 0.263 e. The molecule has 29 heavy (non-hydrogen) atoms. The van der Waals surface area contributed by atoms with E-state index in [4.69, 9.17) is 4.98 Å². The predicted octanol–water partition coefficient (Wildman–Crippen LogP) is 5.25. The van der Waals surface area contributed by atoms with Crippen LogP contribution in [0.15, 0.2) is 57.1 Å². The fraction of sp³-hybridized carbons (Fsp3) is 0.190. The highest BCUT2D eigenvalue weighted by Crippen LogP contribution is 2.34. The van der Waals surface area contributed by atoms with Gasteiger partial charge in [0.2, 0.25) is 5.91 Å². The van der Waals surface area contributed by atoms with E-state index in [-0.39, 0.29) is 17.2 Å². The number of carbonyl (C=O) groups excluding carboxylic acids is 1. The molecule has 0 fully saturated rings. The number of aromatic nitrogens is 2. The number of carbonyl (C=O) groups is 1. The molecule has 0 radical (unpaired) electrons. The molecular formula is C21H19N3O2S3. The summed E-state index contributed by atoms with van der Waals surface area (Å²) in [6.07, 6.45) is 0. The summed E-state index contributed by atoms with van der Waals surface area (Å²) >= 11 is 4.36. The minimum atomic E-state index is -0.124. The van der Waals surface area contributed by atoms with Gasteiger partial charge in [-0.05, 0) is 37.4 Å². The fourth-order valence-electron chi connectivity index (χ4n) is 2.97. The normalized spacial score (nSPS) is 11.1. The molecule has 1 amide bonds. The van der Waals surface area contributed by atoms with Crippen LogP contribution < -0.4 is 10.9 Å². The second-order valence-electron chi connectivity index (χ2n) is 6.45. The topological polar surface area (TPSA) is 64.0 Å². The number of aryl methyl sites for hydroxylation is 1. The van der Waals surface area contributed by atoms with Crippen LogP contribution >= 0.6 is 34.4 Å². The Kier molecular flexibility index (Phi) is 5.84. The van der Waals surface area contributed by atoms with E-state index in [0.29, 0.717) is 21.9 Å². The first kappa shape index (κ1) is 19.9. The van der Waals surface area contributed by atoms with Crippen molar-refractivity contribution < 1.29 is 4.79 Å². The Morgan fingerprint density at radius 3 is 2.69 bits per heavy atom. The third-order valence-corrected chi connectivity index (χ3v) is 7.18. The molecule has 1 N–H and O–H groups in total. The van der Waals surface area contributed by atoms with E-state index in [1.54, 1.807) is 15.9 Å². The van der Waals surface area contributed by atoms with Gasteiger partial charge in [0.05, 0.1) is 11.1 Å². The molecule has 0 aliphatic heterocycles. The SMILES string of the molecule is CCn1c(SCC(=O)Nc2ccc(C)cc2)nc2scc(-c3cccs3)c2c1=O. The number of benzene rings is 1. The molecule has 0 bridgehead atoms. The summed E-state index contributed by atoms with van der Waals surface area (Å²) in [5.74, 6) is 0.0657. The van der Waals surface area contributed by atoms with Gasteiger partial charge in [-0.15, -0.1) is 22.7 Å². The van der Waals surface area contributed by atoms with Crippen molar-refractivity contribution in [3.05, 3.63) is 63.1 Å². The fourth-order valence-corrected chi connectivity index (χ4v) is 5.64. The van der Waals surface area contributed by atoms with Crippen molar-refractivity contribution in [2.24, 2.45) is 0 Å². The molecule has 3 heterocycles. The van der Waals surface area contributed by atoms with Crippen LogP contribution in [0.1, 0.15) is 12.5 Å². The van der Waals surface area contributed by atoms with Gasteiger partial charge in [-0.2, -0.15) is 0 Å². The molecular weight excluding hydrogens is 422 g/mol. The summed E-state index contributed by atoms with van der Waals surface area (Å²) < 4.78 is 1.65. The number of thioether (sulfide) groups is 1. The van der Waals surface area contributed by atoms with Crippen molar-refractivity contribution in [1.82, 2.24) is 9.55 Å². The monoisotopic (exact) mass is 441 g/mol. The second kappa shape index (κ2) is 8.52. The van der Waals surface area contributed by atoms with E-state index in [1.165, 1.54) is 23.1 Å². The Morgan fingerprint density at radius 1 is 1.21 bits per heavy atom. The Bertz CT molecular complexity index is 1210. The maximum absolute atomic E-state index is 13.1. The lowest BCUT2D eigenvalue weighted by molar-refractivity contribution is -0.113. The minimum Gasteiger partial charge on any atom is -0.325 e. The van der Waals surface area contributed by atoms with Crippen molar-refractivity contribution >= 4 is 56.2 Å². The number of rotatable bonds is 6. The summed E-state index contributed by atoms with van der Waals surface area (Å²) in [7, 11) is 0. The summed E-state index contributed by atoms with van der Waals surface area (Å²) in [5, 5.41) is 8.10. The predicted molar refractivity (Wildman–Crippen MR) is 123 cm³/mol. The molecule has 0 atom stereocenters. The van der Waals surface area contributed by atoms with Crippen LogP contribution in [0.4, 0.5) is 5.69 Å². The molecule has 148 valence electrons. The van der Waals surface area contributed by atoms with Crippen molar-refractivity contribution in [3.63, 3.8) is 0 Å². The molecule has 3 aromatic heterocycles. The average molecular weight is 442 g/mol. The highest BCUT2D eigenvalue weighted by molar-refractivity contribution is 7.99. The Labute approximate surface area is 180 Å². The maximum atomic E-state index is 13.1. The minimum absolute atomic E-state index is 0.0522. The molecule has 5 nitrogen and oxygen atoms in total. The highest BCUT2D eigenvalue weighted by Gasteiger charge is 2.18. The third kappa shape index (κ3) is 4.14. The zero-order valence-electron chi connectivity index (χ0n) is 16.0. The van der Waals surface area contributed by atoms with Gasteiger partial charge in [0.1, 0.15) is 4.83 Å². The molecule has 0 saturated carbocycles. The molecule has 0 saturated heterocycles. The van der Waals surface area contributed by atoms with Crippen molar-refractivity contribution in [2.45, 2.75) is 25.5 Å². The van der Waals surface area contributed by atoms with E-state index >= 15 is 0 Å². The van der Waals surface area contributed by atoms with Crippen molar-refractivity contribution in [2.75, 3.05) is 11.1 Å². The lowest BCUT2D eigenvalue weighted by Crippen LogP contribution is -2.23. The molecule has 4 rings (SSSR count). The standard InChI is InChI=1S/C21H19N3O2S3/c1-3-24-20(26)18-15(16-5-4-10-27-16)11-28-19(18)23-21(24)29-12-17(25)22-14-8-6-13(2)7-9-14/h4-11H,3,12H2,1-2H3,(H,22,25). The van der Waals surface area contributed by atoms with Crippen LogP contribution in [0.2, 0.25) is 0 Å². The molecule has 0 aliphatic rings. The Morgan fingerprint density at radius 2 is 2.00 bits per heavy atom. The molecule has 0 spiro atoms. The van der Waals surface area contributed by atoms with E-state index in [0.717, 1.165) is 21.7 Å². The number of nitrogens with zero attached hydrogens (tertiary/aromatic N) is 2. The van der Waals surface area contributed by atoms with Gasteiger partial charge < -0.3 is 5.32 Å². The van der Waals surface area contributed by atoms with Crippen LogP contribution in [0, 0.1) is 6.92 Å². The molecule has 0 aliphatic carbocycles. The second-order valence-corrected chi connectivity index (χ2v) is 9.20. The highest BCUT2D eigenvalue weighted by atomic mass is 32.2. The van der Waals surface area contributed by atoms with E-state index in [1.807, 2.05) is 61.0 Å². The third-order valence-electron chi connectivity index (χ3n) is 4.43. The number of fused-ring (bicyclic) bond motifs is 1. The van der Waals surface area contributed by atoms with Gasteiger partial charge in [0.15, 0.2) is 5.16 Å². The lowest BCUT2D eigenvalue weighted by atomic mass is 10.2. The van der Waals surface area contributed by atoms with Crippen LogP contribution in [0.3, 0.4) is 0 Å². The van der Waals surface area contributed by atoms with Gasteiger partial charge in [-0.25, -0.2) is 4.98 Å². The number of nitrogens with one attached hydrogen (secondary N) is 1. The van der Waals surface area contributed by atoms with Gasteiger partial charge in [-0.3, -0.25) is 14.2 Å². The summed E-state index contributed by atoms with van der Waals surface area (Å²) in [6.45, 7) is 4.42. The quantitative estimate of drug-likeness (QED) is 0.328. The lowest BCUT2D eigenvalue weighted by Gasteiger charge is -2.10. The molecule has 8 heteroatoms. The van der Waals surface area contributed by atoms with Gasteiger partial charge in [-0.1, -0.05) is 35.5 Å². The summed E-state index contributed by atoms with van der Waals surface area (Å²) in [5.41, 5.74) is 2.79. The smallest absolute Gasteiger partial charge is 0.263 e. The number of thiophene rings is 2. The van der Waals surface area contributed by atoms with E-state index < -0.39 is 0 Å². The van der Waals surface area contributed by atoms with Crippen LogP contribution in [0.25, 0.3) is 20.7 Å². The number of hydrogen-bond donors (Lipinski definition) is 1. The first-order chi connectivity index (χ1) is 14.1. The summed E-state index contributed by atoms with van der Waals surface area (Å²) in [4.78, 5) is 32.0. The van der Waals surface area contributed by atoms with Crippen LogP contribution in [-0.2, 0) is 11.3 Å². The first-order valence-electron chi connectivity index (χ1n) is 9.12. The van der Waals surface area contributed by atoms with Crippen LogP contribution in [-0.4, -0.2) is 21.2 Å². The Balaban J connectivity index is 1.58. The van der Waals surface area contributed by atoms with Crippen molar-refractivity contribution in [3.8, 4) is 10.4 Å².